The lowest BCUT2D eigenvalue weighted by Gasteiger charge is -2.28. The minimum Gasteiger partial charge on any atom is -0.448 e. The zero-order chi connectivity index (χ0) is 30.5. The number of hydrogen-bond acceptors (Lipinski definition) is 9. The Morgan fingerprint density at radius 2 is 1.86 bits per heavy atom. The van der Waals surface area contributed by atoms with E-state index in [0.717, 1.165) is 55.0 Å². The van der Waals surface area contributed by atoms with Gasteiger partial charge in [-0.15, -0.1) is 11.3 Å². The van der Waals surface area contributed by atoms with E-state index in [1.807, 2.05) is 13.8 Å². The third kappa shape index (κ3) is 9.13. The van der Waals surface area contributed by atoms with Crippen molar-refractivity contribution in [2.75, 3.05) is 18.5 Å². The zero-order valence-corrected chi connectivity index (χ0v) is 26.6. The molecule has 0 bridgehead atoms. The molecule has 0 spiro atoms. The maximum atomic E-state index is 13.6. The summed E-state index contributed by atoms with van der Waals surface area (Å²) in [5.41, 5.74) is 0.125. The van der Waals surface area contributed by atoms with Crippen molar-refractivity contribution in [2.45, 2.75) is 108 Å². The summed E-state index contributed by atoms with van der Waals surface area (Å²) in [6.07, 6.45) is 5.87. The van der Waals surface area contributed by atoms with Crippen LogP contribution in [0.4, 0.5) is 15.3 Å². The van der Waals surface area contributed by atoms with E-state index in [9.17, 15) is 18.0 Å². The van der Waals surface area contributed by atoms with Crippen molar-refractivity contribution in [1.82, 2.24) is 20.3 Å². The first kappa shape index (κ1) is 32.2. The van der Waals surface area contributed by atoms with Crippen molar-refractivity contribution in [2.24, 2.45) is 0 Å². The predicted octanol–water partition coefficient (Wildman–Crippen LogP) is 5.35. The van der Waals surface area contributed by atoms with Gasteiger partial charge in [-0.1, -0.05) is 6.07 Å². The Balaban J connectivity index is 1.49. The SMILES string of the molecule is CC(C)OC(=O)NC1CCC(c2ncc(-c3ccc(NC(=O)OC[C@H]4CCCN4)cc3S(=O)(=O)NC(C)(C)C)s2)CC1. The van der Waals surface area contributed by atoms with Crippen molar-refractivity contribution in [3.05, 3.63) is 29.4 Å². The summed E-state index contributed by atoms with van der Waals surface area (Å²) in [4.78, 5) is 29.9. The molecule has 2 aromatic rings. The number of nitrogens with one attached hydrogen (secondary N) is 4. The van der Waals surface area contributed by atoms with Crippen molar-refractivity contribution < 1.29 is 27.5 Å². The van der Waals surface area contributed by atoms with Crippen molar-refractivity contribution in [3.8, 4) is 10.4 Å². The number of alkyl carbamates (subject to hydrolysis) is 1. The average molecular weight is 622 g/mol. The number of ether oxygens (including phenoxy) is 2. The van der Waals surface area contributed by atoms with Gasteiger partial charge < -0.3 is 20.1 Å². The van der Waals surface area contributed by atoms with Crippen molar-refractivity contribution in [1.29, 1.82) is 0 Å². The van der Waals surface area contributed by atoms with Crippen LogP contribution in [0.3, 0.4) is 0 Å². The van der Waals surface area contributed by atoms with Gasteiger partial charge in [-0.2, -0.15) is 0 Å². The van der Waals surface area contributed by atoms with Crippen molar-refractivity contribution in [3.63, 3.8) is 0 Å². The highest BCUT2D eigenvalue weighted by Gasteiger charge is 2.29. The van der Waals surface area contributed by atoms with Gasteiger partial charge in [0.05, 0.1) is 20.9 Å². The maximum Gasteiger partial charge on any atom is 0.411 e. The summed E-state index contributed by atoms with van der Waals surface area (Å²) in [6.45, 7) is 10.1. The number of amides is 2. The lowest BCUT2D eigenvalue weighted by atomic mass is 9.86. The van der Waals surface area contributed by atoms with Gasteiger partial charge in [-0.05, 0) is 91.8 Å². The molecular weight excluding hydrogens is 578 g/mol. The van der Waals surface area contributed by atoms with Gasteiger partial charge in [0.25, 0.3) is 0 Å². The second kappa shape index (κ2) is 13.7. The lowest BCUT2D eigenvalue weighted by Crippen LogP contribution is -2.40. The fourth-order valence-electron chi connectivity index (χ4n) is 5.21. The number of anilines is 1. The summed E-state index contributed by atoms with van der Waals surface area (Å²) in [5.74, 6) is 0.223. The number of aromatic nitrogens is 1. The largest absolute Gasteiger partial charge is 0.448 e. The van der Waals surface area contributed by atoms with Gasteiger partial charge in [0, 0.05) is 41.0 Å². The first-order chi connectivity index (χ1) is 19.8. The predicted molar refractivity (Wildman–Crippen MR) is 163 cm³/mol. The minimum absolute atomic E-state index is 0.0551. The second-order valence-electron chi connectivity index (χ2n) is 12.3. The molecule has 1 aliphatic carbocycles. The molecule has 0 radical (unpaired) electrons. The Morgan fingerprint density at radius 1 is 1.12 bits per heavy atom. The van der Waals surface area contributed by atoms with Crippen LogP contribution in [-0.2, 0) is 19.5 Å². The molecule has 0 unspecified atom stereocenters. The number of nitrogens with zero attached hydrogens (tertiary/aromatic N) is 1. The molecule has 2 amide bonds. The molecule has 1 saturated heterocycles. The molecule has 232 valence electrons. The Kier molecular flexibility index (Phi) is 10.5. The summed E-state index contributed by atoms with van der Waals surface area (Å²) in [7, 11) is -3.95. The lowest BCUT2D eigenvalue weighted by molar-refractivity contribution is 0.109. The Morgan fingerprint density at radius 3 is 2.50 bits per heavy atom. The number of rotatable bonds is 9. The summed E-state index contributed by atoms with van der Waals surface area (Å²) >= 11 is 1.47. The van der Waals surface area contributed by atoms with Crippen LogP contribution < -0.4 is 20.7 Å². The Bertz CT molecular complexity index is 1340. The number of carbonyl (C=O) groups excluding carboxylic acids is 2. The molecule has 2 fully saturated rings. The fourth-order valence-corrected chi connectivity index (χ4v) is 8.07. The first-order valence-electron chi connectivity index (χ1n) is 14.6. The van der Waals surface area contributed by atoms with Gasteiger partial charge in [0.1, 0.15) is 6.61 Å². The van der Waals surface area contributed by atoms with Gasteiger partial charge in [-0.3, -0.25) is 5.32 Å². The molecule has 4 rings (SSSR count). The van der Waals surface area contributed by atoms with Crippen LogP contribution in [0.2, 0.25) is 0 Å². The quantitative estimate of drug-likeness (QED) is 0.293. The van der Waals surface area contributed by atoms with E-state index < -0.39 is 21.7 Å². The van der Waals surface area contributed by atoms with Crippen LogP contribution in [0, 0.1) is 0 Å². The van der Waals surface area contributed by atoms with Crippen LogP contribution in [0.15, 0.2) is 29.3 Å². The van der Waals surface area contributed by atoms with E-state index in [-0.39, 0.29) is 41.7 Å². The zero-order valence-electron chi connectivity index (χ0n) is 25.0. The molecular formula is C29H43N5O6S2. The number of hydrogen-bond donors (Lipinski definition) is 4. The molecule has 2 aliphatic rings. The maximum absolute atomic E-state index is 13.6. The fraction of sp³-hybridized carbons (Fsp3) is 0.621. The van der Waals surface area contributed by atoms with Crippen LogP contribution in [-0.4, -0.2) is 62.5 Å². The van der Waals surface area contributed by atoms with Crippen LogP contribution >= 0.6 is 11.3 Å². The molecule has 1 aromatic heterocycles. The molecule has 42 heavy (non-hydrogen) atoms. The molecule has 4 N–H and O–H groups in total. The van der Waals surface area contributed by atoms with E-state index in [4.69, 9.17) is 9.47 Å². The molecule has 1 saturated carbocycles. The van der Waals surface area contributed by atoms with Crippen LogP contribution in [0.5, 0.6) is 0 Å². The van der Waals surface area contributed by atoms with Gasteiger partial charge in [-0.25, -0.2) is 27.7 Å². The van der Waals surface area contributed by atoms with E-state index in [1.165, 1.54) is 17.4 Å². The topological polar surface area (TPSA) is 148 Å². The second-order valence-corrected chi connectivity index (χ2v) is 15.0. The third-order valence-electron chi connectivity index (χ3n) is 7.07. The smallest absolute Gasteiger partial charge is 0.411 e. The number of thiazole rings is 1. The van der Waals surface area contributed by atoms with E-state index >= 15 is 0 Å². The summed E-state index contributed by atoms with van der Waals surface area (Å²) in [6, 6.07) is 5.04. The van der Waals surface area contributed by atoms with Crippen LogP contribution in [0.25, 0.3) is 10.4 Å². The Hall–Kier alpha value is -2.74. The number of carbonyl (C=O) groups is 2. The van der Waals surface area contributed by atoms with Gasteiger partial charge in [0.15, 0.2) is 0 Å². The van der Waals surface area contributed by atoms with Gasteiger partial charge >= 0.3 is 12.2 Å². The standard InChI is InChI=1S/C29H43N5O6S2/c1-18(2)40-28(36)32-20-10-8-19(9-11-20)26-31-16-24(41-26)23-13-12-21(15-25(23)42(37,38)34-29(3,4)5)33-27(35)39-17-22-7-6-14-30-22/h12-13,15-16,18-20,22,30,34H,6-11,14,17H2,1-5H3,(H,32,36)(H,33,35)/t19?,20?,22-/m1/s1. The molecule has 1 aliphatic heterocycles. The highest BCUT2D eigenvalue weighted by Crippen LogP contribution is 2.40. The summed E-state index contributed by atoms with van der Waals surface area (Å²) in [5, 5.41) is 9.83. The monoisotopic (exact) mass is 621 g/mol. The summed E-state index contributed by atoms with van der Waals surface area (Å²) < 4.78 is 40.4. The molecule has 1 aromatic carbocycles. The molecule has 11 nitrogen and oxygen atoms in total. The molecule has 13 heteroatoms. The van der Waals surface area contributed by atoms with E-state index in [2.05, 4.69) is 25.7 Å². The first-order valence-corrected chi connectivity index (χ1v) is 16.9. The number of sulfonamides is 1. The Labute approximate surface area is 252 Å². The van der Waals surface area contributed by atoms with E-state index in [1.54, 1.807) is 39.1 Å². The minimum atomic E-state index is -3.95. The third-order valence-corrected chi connectivity index (χ3v) is 10.1. The van der Waals surface area contributed by atoms with Crippen LogP contribution in [0.1, 0.15) is 84.1 Å². The highest BCUT2D eigenvalue weighted by molar-refractivity contribution is 7.89. The average Bonchev–Trinajstić information content (AvgIpc) is 3.59. The van der Waals surface area contributed by atoms with Crippen molar-refractivity contribution >= 4 is 39.2 Å². The molecule has 1 atom stereocenters. The molecule has 2 heterocycles. The number of benzene rings is 1. The van der Waals surface area contributed by atoms with Gasteiger partial charge in [0.2, 0.25) is 10.0 Å². The normalized spacial score (nSPS) is 21.2. The highest BCUT2D eigenvalue weighted by atomic mass is 32.2. The van der Waals surface area contributed by atoms with E-state index in [0.29, 0.717) is 11.3 Å².